The minimum Gasteiger partial charge on any atom is -0.345 e. The third-order valence-corrected chi connectivity index (χ3v) is 4.85. The fourth-order valence-corrected chi connectivity index (χ4v) is 3.26. The number of hydrogen-bond donors (Lipinski definition) is 2. The molecule has 0 aromatic heterocycles. The van der Waals surface area contributed by atoms with Crippen LogP contribution in [0.5, 0.6) is 0 Å². The van der Waals surface area contributed by atoms with Crippen LogP contribution in [0.3, 0.4) is 0 Å². The second kappa shape index (κ2) is 8.29. The highest BCUT2D eigenvalue weighted by Gasteiger charge is 2.22. The molecule has 132 valence electrons. The minimum absolute atomic E-state index is 0.0214. The van der Waals surface area contributed by atoms with Crippen molar-refractivity contribution in [3.8, 4) is 0 Å². The van der Waals surface area contributed by atoms with Crippen LogP contribution >= 0.6 is 0 Å². The number of amides is 2. The van der Waals surface area contributed by atoms with Crippen LogP contribution in [-0.4, -0.2) is 43.9 Å². The number of aryl methyl sites for hydroxylation is 1. The van der Waals surface area contributed by atoms with Gasteiger partial charge in [0.05, 0.1) is 0 Å². The summed E-state index contributed by atoms with van der Waals surface area (Å²) in [5.74, 6) is 0.959. The van der Waals surface area contributed by atoms with Crippen LogP contribution in [0, 0.1) is 18.8 Å². The summed E-state index contributed by atoms with van der Waals surface area (Å²) in [5, 5.41) is 6.31. The number of benzene rings is 1. The predicted octanol–water partition coefficient (Wildman–Crippen LogP) is 2.66. The first-order chi connectivity index (χ1) is 11.4. The van der Waals surface area contributed by atoms with Crippen molar-refractivity contribution < 1.29 is 9.59 Å². The first kappa shape index (κ1) is 18.5. The van der Waals surface area contributed by atoms with E-state index in [9.17, 15) is 9.59 Å². The SMILES string of the molecule is Cc1ccc(NC(=O)CC(C)C2CCNCC2)cc1C(=O)N(C)C. The second-order valence-corrected chi connectivity index (χ2v) is 7.05. The van der Waals surface area contributed by atoms with Crippen molar-refractivity contribution in [3.63, 3.8) is 0 Å². The Bertz CT molecular complexity index is 592. The third kappa shape index (κ3) is 4.81. The Balaban J connectivity index is 1.98. The molecule has 0 saturated carbocycles. The van der Waals surface area contributed by atoms with Gasteiger partial charge in [0.25, 0.3) is 5.91 Å². The monoisotopic (exact) mass is 331 g/mol. The highest BCUT2D eigenvalue weighted by molar-refractivity contribution is 5.98. The van der Waals surface area contributed by atoms with Crippen molar-refractivity contribution in [1.82, 2.24) is 10.2 Å². The summed E-state index contributed by atoms with van der Waals surface area (Å²) in [4.78, 5) is 26.1. The first-order valence-corrected chi connectivity index (χ1v) is 8.71. The molecule has 1 heterocycles. The zero-order valence-corrected chi connectivity index (χ0v) is 15.2. The molecule has 24 heavy (non-hydrogen) atoms. The van der Waals surface area contributed by atoms with Crippen LogP contribution < -0.4 is 10.6 Å². The van der Waals surface area contributed by atoms with E-state index in [4.69, 9.17) is 0 Å². The van der Waals surface area contributed by atoms with E-state index >= 15 is 0 Å². The molecular weight excluding hydrogens is 302 g/mol. The molecular formula is C19H29N3O2. The molecule has 1 aromatic carbocycles. The van der Waals surface area contributed by atoms with Crippen molar-refractivity contribution in [1.29, 1.82) is 0 Å². The molecule has 1 aliphatic rings. The molecule has 0 radical (unpaired) electrons. The van der Waals surface area contributed by atoms with Gasteiger partial charge in [-0.3, -0.25) is 9.59 Å². The highest BCUT2D eigenvalue weighted by Crippen LogP contribution is 2.25. The van der Waals surface area contributed by atoms with Gasteiger partial charge in [-0.2, -0.15) is 0 Å². The fourth-order valence-electron chi connectivity index (χ4n) is 3.26. The average Bonchev–Trinajstić information content (AvgIpc) is 2.56. The summed E-state index contributed by atoms with van der Waals surface area (Å²) in [5.41, 5.74) is 2.23. The van der Waals surface area contributed by atoms with E-state index in [2.05, 4.69) is 17.6 Å². The summed E-state index contributed by atoms with van der Waals surface area (Å²) in [6.45, 7) is 6.16. The van der Waals surface area contributed by atoms with Crippen LogP contribution in [0.1, 0.15) is 42.1 Å². The lowest BCUT2D eigenvalue weighted by Gasteiger charge is -2.27. The molecule has 2 amide bonds. The maximum Gasteiger partial charge on any atom is 0.253 e. The Morgan fingerprint density at radius 2 is 1.96 bits per heavy atom. The van der Waals surface area contributed by atoms with Crippen molar-refractivity contribution in [3.05, 3.63) is 29.3 Å². The van der Waals surface area contributed by atoms with Crippen molar-refractivity contribution in [2.75, 3.05) is 32.5 Å². The number of anilines is 1. The van der Waals surface area contributed by atoms with Gasteiger partial charge in [0, 0.05) is 31.8 Å². The standard InChI is InChI=1S/C19H29N3O2/c1-13-5-6-16(12-17(13)19(24)22(3)4)21-18(23)11-14(2)15-7-9-20-10-8-15/h5-6,12,14-15,20H,7-11H2,1-4H3,(H,21,23). The minimum atomic E-state index is -0.0494. The van der Waals surface area contributed by atoms with Gasteiger partial charge in [0.1, 0.15) is 0 Å². The van der Waals surface area contributed by atoms with Gasteiger partial charge in [-0.15, -0.1) is 0 Å². The van der Waals surface area contributed by atoms with Gasteiger partial charge in [0.15, 0.2) is 0 Å². The summed E-state index contributed by atoms with van der Waals surface area (Å²) < 4.78 is 0. The van der Waals surface area contributed by atoms with Gasteiger partial charge in [-0.25, -0.2) is 0 Å². The Morgan fingerprint density at radius 1 is 1.29 bits per heavy atom. The number of nitrogens with one attached hydrogen (secondary N) is 2. The quantitative estimate of drug-likeness (QED) is 0.872. The third-order valence-electron chi connectivity index (χ3n) is 4.85. The molecule has 0 aliphatic carbocycles. The molecule has 0 bridgehead atoms. The Kier molecular flexibility index (Phi) is 6.37. The molecule has 1 fully saturated rings. The summed E-state index contributed by atoms with van der Waals surface area (Å²) in [6, 6.07) is 5.50. The van der Waals surface area contributed by atoms with Gasteiger partial charge in [-0.05, 0) is 62.4 Å². The molecule has 0 spiro atoms. The van der Waals surface area contributed by atoms with Crippen LogP contribution in [0.15, 0.2) is 18.2 Å². The normalized spacial score (nSPS) is 16.5. The van der Waals surface area contributed by atoms with E-state index in [0.717, 1.165) is 31.5 Å². The number of carbonyl (C=O) groups excluding carboxylic acids is 2. The fraction of sp³-hybridized carbons (Fsp3) is 0.579. The lowest BCUT2D eigenvalue weighted by Crippen LogP contribution is -2.32. The van der Waals surface area contributed by atoms with Gasteiger partial charge in [-0.1, -0.05) is 13.0 Å². The Labute approximate surface area is 144 Å². The van der Waals surface area contributed by atoms with Crippen LogP contribution in [0.4, 0.5) is 5.69 Å². The molecule has 1 aromatic rings. The van der Waals surface area contributed by atoms with Crippen molar-refractivity contribution >= 4 is 17.5 Å². The number of carbonyl (C=O) groups is 2. The van der Waals surface area contributed by atoms with Gasteiger partial charge >= 0.3 is 0 Å². The van der Waals surface area contributed by atoms with E-state index in [1.165, 1.54) is 0 Å². The molecule has 5 heteroatoms. The maximum absolute atomic E-state index is 12.3. The molecule has 1 aliphatic heterocycles. The molecule has 2 N–H and O–H groups in total. The van der Waals surface area contributed by atoms with E-state index in [1.54, 1.807) is 25.1 Å². The van der Waals surface area contributed by atoms with E-state index in [1.807, 2.05) is 19.1 Å². The number of rotatable bonds is 5. The second-order valence-electron chi connectivity index (χ2n) is 7.05. The number of hydrogen-bond acceptors (Lipinski definition) is 3. The maximum atomic E-state index is 12.3. The molecule has 2 rings (SSSR count). The van der Waals surface area contributed by atoms with E-state index < -0.39 is 0 Å². The predicted molar refractivity (Wildman–Crippen MR) is 97.2 cm³/mol. The summed E-state index contributed by atoms with van der Waals surface area (Å²) in [7, 11) is 3.46. The number of piperidine rings is 1. The van der Waals surface area contributed by atoms with Crippen LogP contribution in [-0.2, 0) is 4.79 Å². The van der Waals surface area contributed by atoms with Gasteiger partial charge < -0.3 is 15.5 Å². The summed E-state index contributed by atoms with van der Waals surface area (Å²) >= 11 is 0. The number of nitrogens with zero attached hydrogens (tertiary/aromatic N) is 1. The van der Waals surface area contributed by atoms with E-state index in [-0.39, 0.29) is 11.8 Å². The summed E-state index contributed by atoms with van der Waals surface area (Å²) in [6.07, 6.45) is 2.80. The Hall–Kier alpha value is -1.88. The Morgan fingerprint density at radius 3 is 2.58 bits per heavy atom. The molecule has 5 nitrogen and oxygen atoms in total. The van der Waals surface area contributed by atoms with E-state index in [0.29, 0.717) is 29.5 Å². The first-order valence-electron chi connectivity index (χ1n) is 8.71. The zero-order chi connectivity index (χ0) is 17.7. The van der Waals surface area contributed by atoms with Crippen LogP contribution in [0.25, 0.3) is 0 Å². The van der Waals surface area contributed by atoms with Crippen LogP contribution in [0.2, 0.25) is 0 Å². The topological polar surface area (TPSA) is 61.4 Å². The zero-order valence-electron chi connectivity index (χ0n) is 15.2. The average molecular weight is 331 g/mol. The molecule has 1 saturated heterocycles. The lowest BCUT2D eigenvalue weighted by atomic mass is 9.84. The van der Waals surface area contributed by atoms with Crippen molar-refractivity contribution in [2.24, 2.45) is 11.8 Å². The van der Waals surface area contributed by atoms with Gasteiger partial charge in [0.2, 0.25) is 5.91 Å². The highest BCUT2D eigenvalue weighted by atomic mass is 16.2. The largest absolute Gasteiger partial charge is 0.345 e. The lowest BCUT2D eigenvalue weighted by molar-refractivity contribution is -0.117. The van der Waals surface area contributed by atoms with Crippen molar-refractivity contribution in [2.45, 2.75) is 33.1 Å². The smallest absolute Gasteiger partial charge is 0.253 e. The molecule has 1 atom stereocenters. The molecule has 1 unspecified atom stereocenters.